The molecule has 156 valence electrons. The Labute approximate surface area is 177 Å². The first kappa shape index (κ1) is 22.5. The van der Waals surface area contributed by atoms with Crippen LogP contribution in [0.25, 0.3) is 0 Å². The molecule has 6 heteroatoms. The SMILES string of the molecule is C.Cc1cc(COc2ccc(C(=N)N)cc2)cc(COc2ccc(C(=N)N)cc2)c1. The van der Waals surface area contributed by atoms with E-state index in [2.05, 4.69) is 18.2 Å². The molecule has 0 aromatic heterocycles. The highest BCUT2D eigenvalue weighted by atomic mass is 16.5. The van der Waals surface area contributed by atoms with Crippen LogP contribution in [0, 0.1) is 17.7 Å². The Kier molecular flexibility index (Phi) is 7.58. The van der Waals surface area contributed by atoms with Crippen molar-refractivity contribution in [1.82, 2.24) is 0 Å². The maximum atomic E-state index is 7.43. The van der Waals surface area contributed by atoms with E-state index in [9.17, 15) is 0 Å². The maximum absolute atomic E-state index is 7.43. The number of amidine groups is 2. The van der Waals surface area contributed by atoms with Crippen molar-refractivity contribution in [3.05, 3.63) is 94.5 Å². The summed E-state index contributed by atoms with van der Waals surface area (Å²) in [5.41, 5.74) is 15.5. The Bertz CT molecular complexity index is 933. The Morgan fingerprint density at radius 2 is 1.07 bits per heavy atom. The van der Waals surface area contributed by atoms with Crippen LogP contribution < -0.4 is 20.9 Å². The topological polar surface area (TPSA) is 118 Å². The quantitative estimate of drug-likeness (QED) is 0.329. The van der Waals surface area contributed by atoms with Gasteiger partial charge >= 0.3 is 0 Å². The number of ether oxygens (including phenoxy) is 2. The molecular weight excluding hydrogens is 376 g/mol. The van der Waals surface area contributed by atoms with Crippen molar-refractivity contribution in [2.75, 3.05) is 0 Å². The smallest absolute Gasteiger partial charge is 0.122 e. The average Bonchev–Trinajstić information content (AvgIpc) is 2.71. The Morgan fingerprint density at radius 1 is 0.700 bits per heavy atom. The van der Waals surface area contributed by atoms with Crippen LogP contribution in [-0.2, 0) is 13.2 Å². The van der Waals surface area contributed by atoms with Gasteiger partial charge in [-0.1, -0.05) is 25.1 Å². The van der Waals surface area contributed by atoms with Crippen molar-refractivity contribution in [2.24, 2.45) is 11.5 Å². The number of hydrogen-bond acceptors (Lipinski definition) is 4. The van der Waals surface area contributed by atoms with Gasteiger partial charge in [0.05, 0.1) is 0 Å². The molecule has 3 aromatic carbocycles. The lowest BCUT2D eigenvalue weighted by atomic mass is 10.1. The molecule has 0 saturated heterocycles. The fraction of sp³-hybridized carbons (Fsp3) is 0.167. The Hall–Kier alpha value is -3.80. The van der Waals surface area contributed by atoms with E-state index in [1.54, 1.807) is 48.5 Å². The van der Waals surface area contributed by atoms with Gasteiger partial charge in [-0.25, -0.2) is 0 Å². The van der Waals surface area contributed by atoms with Crippen LogP contribution >= 0.6 is 0 Å². The zero-order valence-corrected chi connectivity index (χ0v) is 16.2. The van der Waals surface area contributed by atoms with Crippen molar-refractivity contribution in [2.45, 2.75) is 27.6 Å². The number of aryl methyl sites for hydroxylation is 1. The molecule has 0 aliphatic rings. The number of nitrogen functional groups attached to an aromatic ring is 2. The summed E-state index contributed by atoms with van der Waals surface area (Å²) < 4.78 is 11.7. The molecule has 30 heavy (non-hydrogen) atoms. The summed E-state index contributed by atoms with van der Waals surface area (Å²) >= 11 is 0. The van der Waals surface area contributed by atoms with Crippen molar-refractivity contribution in [3.8, 4) is 11.5 Å². The Morgan fingerprint density at radius 3 is 1.40 bits per heavy atom. The standard InChI is InChI=1S/C23H24N4O2.CH4/c1-15-10-16(13-28-20-6-2-18(3-7-20)22(24)25)12-17(11-15)14-29-21-8-4-19(5-9-21)23(26)27;/h2-12H,13-14H2,1H3,(H3,24,25)(H3,26,27);1H4. The van der Waals surface area contributed by atoms with Gasteiger partial charge in [-0.3, -0.25) is 10.8 Å². The zero-order chi connectivity index (χ0) is 20.8. The van der Waals surface area contributed by atoms with Gasteiger partial charge in [0.1, 0.15) is 36.4 Å². The molecule has 0 unspecified atom stereocenters. The van der Waals surface area contributed by atoms with Crippen molar-refractivity contribution >= 4 is 11.7 Å². The first-order valence-corrected chi connectivity index (χ1v) is 9.14. The van der Waals surface area contributed by atoms with Gasteiger partial charge < -0.3 is 20.9 Å². The highest BCUT2D eigenvalue weighted by molar-refractivity contribution is 5.95. The molecule has 3 aromatic rings. The third-order valence-electron chi connectivity index (χ3n) is 4.34. The molecule has 0 heterocycles. The molecular formula is C24H28N4O2. The second-order valence-corrected chi connectivity index (χ2v) is 6.78. The molecule has 0 fully saturated rings. The number of benzene rings is 3. The number of hydrogen-bond donors (Lipinski definition) is 4. The lowest BCUT2D eigenvalue weighted by molar-refractivity contribution is 0.299. The van der Waals surface area contributed by atoms with Gasteiger partial charge in [0.25, 0.3) is 0 Å². The summed E-state index contributed by atoms with van der Waals surface area (Å²) in [4.78, 5) is 0. The maximum Gasteiger partial charge on any atom is 0.122 e. The second kappa shape index (κ2) is 10.1. The molecule has 0 spiro atoms. The first-order valence-electron chi connectivity index (χ1n) is 9.14. The predicted octanol–water partition coefficient (Wildman–Crippen LogP) is 4.36. The summed E-state index contributed by atoms with van der Waals surface area (Å²) in [7, 11) is 0. The first-order chi connectivity index (χ1) is 13.9. The van der Waals surface area contributed by atoms with Gasteiger partial charge in [-0.15, -0.1) is 0 Å². The fourth-order valence-corrected chi connectivity index (χ4v) is 2.91. The fourth-order valence-electron chi connectivity index (χ4n) is 2.91. The van der Waals surface area contributed by atoms with E-state index in [1.807, 2.05) is 6.92 Å². The molecule has 6 nitrogen and oxygen atoms in total. The largest absolute Gasteiger partial charge is 0.489 e. The van der Waals surface area contributed by atoms with E-state index < -0.39 is 0 Å². The molecule has 0 aliphatic heterocycles. The summed E-state index contributed by atoms with van der Waals surface area (Å²) in [5.74, 6) is 1.52. The van der Waals surface area contributed by atoms with E-state index in [1.165, 1.54) is 0 Å². The van der Waals surface area contributed by atoms with Crippen LogP contribution in [-0.4, -0.2) is 11.7 Å². The third kappa shape index (κ3) is 6.10. The number of nitrogens with one attached hydrogen (secondary N) is 2. The van der Waals surface area contributed by atoms with Crippen LogP contribution in [0.2, 0.25) is 0 Å². The second-order valence-electron chi connectivity index (χ2n) is 6.78. The monoisotopic (exact) mass is 404 g/mol. The predicted molar refractivity (Wildman–Crippen MR) is 121 cm³/mol. The average molecular weight is 405 g/mol. The van der Waals surface area contributed by atoms with Crippen molar-refractivity contribution in [3.63, 3.8) is 0 Å². The highest BCUT2D eigenvalue weighted by Crippen LogP contribution is 2.18. The Balaban J connectivity index is 0.00000320. The molecule has 0 aliphatic carbocycles. The van der Waals surface area contributed by atoms with E-state index in [4.69, 9.17) is 31.8 Å². The number of nitrogens with two attached hydrogens (primary N) is 2. The molecule has 0 amide bonds. The van der Waals surface area contributed by atoms with Crippen molar-refractivity contribution in [1.29, 1.82) is 10.8 Å². The minimum absolute atomic E-state index is 0. The van der Waals surface area contributed by atoms with Gasteiger partial charge in [-0.05, 0) is 72.6 Å². The molecule has 0 saturated carbocycles. The van der Waals surface area contributed by atoms with Crippen LogP contribution in [0.1, 0.15) is 35.2 Å². The van der Waals surface area contributed by atoms with Gasteiger partial charge in [0.2, 0.25) is 0 Å². The van der Waals surface area contributed by atoms with Crippen LogP contribution in [0.15, 0.2) is 66.7 Å². The molecule has 6 N–H and O–H groups in total. The van der Waals surface area contributed by atoms with Crippen LogP contribution in [0.3, 0.4) is 0 Å². The lowest BCUT2D eigenvalue weighted by Crippen LogP contribution is -2.10. The normalized spacial score (nSPS) is 10.0. The minimum Gasteiger partial charge on any atom is -0.489 e. The van der Waals surface area contributed by atoms with Crippen molar-refractivity contribution < 1.29 is 9.47 Å². The minimum atomic E-state index is 0. The van der Waals surface area contributed by atoms with Gasteiger partial charge in [0.15, 0.2) is 0 Å². The number of rotatable bonds is 8. The summed E-state index contributed by atoms with van der Waals surface area (Å²) in [6.07, 6.45) is 0. The summed E-state index contributed by atoms with van der Waals surface area (Å²) in [6.45, 7) is 2.90. The van der Waals surface area contributed by atoms with E-state index in [0.717, 1.165) is 28.2 Å². The molecule has 3 rings (SSSR count). The third-order valence-corrected chi connectivity index (χ3v) is 4.34. The zero-order valence-electron chi connectivity index (χ0n) is 16.2. The molecule has 0 atom stereocenters. The molecule has 0 bridgehead atoms. The van der Waals surface area contributed by atoms with Crippen LogP contribution in [0.4, 0.5) is 0 Å². The summed E-state index contributed by atoms with van der Waals surface area (Å²) in [6, 6.07) is 20.5. The van der Waals surface area contributed by atoms with Gasteiger partial charge in [-0.2, -0.15) is 0 Å². The molecule has 0 radical (unpaired) electrons. The van der Waals surface area contributed by atoms with E-state index in [0.29, 0.717) is 24.3 Å². The summed E-state index contributed by atoms with van der Waals surface area (Å²) in [5, 5.41) is 14.9. The van der Waals surface area contributed by atoms with Crippen LogP contribution in [0.5, 0.6) is 11.5 Å². The van der Waals surface area contributed by atoms with Gasteiger partial charge in [0, 0.05) is 11.1 Å². The van der Waals surface area contributed by atoms with E-state index in [-0.39, 0.29) is 19.1 Å². The van der Waals surface area contributed by atoms with E-state index >= 15 is 0 Å². The highest BCUT2D eigenvalue weighted by Gasteiger charge is 2.04. The lowest BCUT2D eigenvalue weighted by Gasteiger charge is -2.11.